The summed E-state index contributed by atoms with van der Waals surface area (Å²) in [4.78, 5) is 2.01. The SMILES string of the molecule is CN1C=C[N-]C1.P.[CH2-]CCCS(=O)(=O)O.[Mo+2]. The third-order valence-corrected chi connectivity index (χ3v) is 2.19. The van der Waals surface area contributed by atoms with Gasteiger partial charge in [-0.25, -0.2) is 0 Å². The fourth-order valence-electron chi connectivity index (χ4n) is 0.668. The first-order valence-corrected chi connectivity index (χ1v) is 5.84. The maximum absolute atomic E-state index is 9.92. The minimum absolute atomic E-state index is 0. The normalized spacial score (nSPS) is 12.8. The molecule has 0 fully saturated rings. The molecular weight excluding hydrogens is 331 g/mol. The van der Waals surface area contributed by atoms with E-state index in [0.717, 1.165) is 6.67 Å². The Kier molecular flexibility index (Phi) is 16.0. The van der Waals surface area contributed by atoms with Crippen molar-refractivity contribution in [2.45, 2.75) is 12.8 Å². The summed E-state index contributed by atoms with van der Waals surface area (Å²) < 4.78 is 27.9. The first kappa shape index (κ1) is 21.6. The van der Waals surface area contributed by atoms with Gasteiger partial charge in [0, 0.05) is 7.05 Å². The molecule has 5 nitrogen and oxygen atoms in total. The quantitative estimate of drug-likeness (QED) is 0.360. The summed E-state index contributed by atoms with van der Waals surface area (Å²) in [5.41, 5.74) is 0. The zero-order chi connectivity index (χ0) is 11.0. The summed E-state index contributed by atoms with van der Waals surface area (Å²) >= 11 is 0. The van der Waals surface area contributed by atoms with E-state index in [9.17, 15) is 8.42 Å². The van der Waals surface area contributed by atoms with Gasteiger partial charge in [0.05, 0.1) is 5.75 Å². The van der Waals surface area contributed by atoms with Crippen LogP contribution in [0.5, 0.6) is 0 Å². The Bertz CT molecular complexity index is 272. The number of rotatable bonds is 3. The predicted molar refractivity (Wildman–Crippen MR) is 67.2 cm³/mol. The first-order chi connectivity index (χ1) is 6.45. The second-order valence-corrected chi connectivity index (χ2v) is 4.44. The third-order valence-electron chi connectivity index (χ3n) is 1.38. The van der Waals surface area contributed by atoms with Crippen molar-refractivity contribution in [1.29, 1.82) is 0 Å². The number of hydrogen-bond acceptors (Lipinski definition) is 3. The second-order valence-electron chi connectivity index (χ2n) is 2.87. The second kappa shape index (κ2) is 11.8. The summed E-state index contributed by atoms with van der Waals surface area (Å²) in [6.45, 7) is 4.25. The summed E-state index contributed by atoms with van der Waals surface area (Å²) in [6.07, 6.45) is 4.72. The van der Waals surface area contributed by atoms with Crippen LogP contribution < -0.4 is 0 Å². The zero-order valence-corrected chi connectivity index (χ0v) is 13.6. The van der Waals surface area contributed by atoms with E-state index >= 15 is 0 Å². The maximum atomic E-state index is 9.92. The van der Waals surface area contributed by atoms with Crippen molar-refractivity contribution in [3.8, 4) is 0 Å². The molecule has 0 radical (unpaired) electrons. The van der Waals surface area contributed by atoms with E-state index in [4.69, 9.17) is 4.55 Å². The predicted octanol–water partition coefficient (Wildman–Crippen LogP) is 1.28. The average Bonchev–Trinajstić information content (AvgIpc) is 2.52. The van der Waals surface area contributed by atoms with Crippen molar-refractivity contribution in [3.63, 3.8) is 0 Å². The zero-order valence-electron chi connectivity index (χ0n) is 9.37. The van der Waals surface area contributed by atoms with E-state index < -0.39 is 10.1 Å². The Labute approximate surface area is 116 Å². The van der Waals surface area contributed by atoms with Gasteiger partial charge in [-0.05, 0) is 6.20 Å². The van der Waals surface area contributed by atoms with Crippen LogP contribution in [0.2, 0.25) is 0 Å². The van der Waals surface area contributed by atoms with Crippen molar-refractivity contribution in [2.75, 3.05) is 19.5 Å². The molecule has 96 valence electrons. The molecule has 0 aromatic carbocycles. The van der Waals surface area contributed by atoms with Crippen molar-refractivity contribution in [2.24, 2.45) is 0 Å². The van der Waals surface area contributed by atoms with Crippen LogP contribution in [0.3, 0.4) is 0 Å². The first-order valence-electron chi connectivity index (χ1n) is 4.23. The molecule has 1 atom stereocenters. The Morgan fingerprint density at radius 3 is 2.25 bits per heavy atom. The molecule has 0 spiro atoms. The van der Waals surface area contributed by atoms with E-state index in [1.54, 1.807) is 6.20 Å². The van der Waals surface area contributed by atoms with Crippen LogP contribution in [0.1, 0.15) is 12.8 Å². The van der Waals surface area contributed by atoms with Crippen molar-refractivity contribution in [3.05, 3.63) is 24.6 Å². The van der Waals surface area contributed by atoms with Gasteiger partial charge < -0.3 is 17.1 Å². The number of unbranched alkanes of at least 4 members (excludes halogenated alkanes) is 1. The van der Waals surface area contributed by atoms with E-state index in [-0.39, 0.29) is 36.7 Å². The molecule has 8 heteroatoms. The Morgan fingerprint density at radius 1 is 1.56 bits per heavy atom. The standard InChI is InChI=1S/C4H7N2.C4H9O3S.Mo.H3P/c1-6-3-2-5-4-6;1-2-3-4-8(5,6)7;;/h2-3H,4H2,1H3;1-4H2,(H,5,6,7);;1H3/q2*-1;+2;. The minimum atomic E-state index is -3.73. The molecule has 1 unspecified atom stereocenters. The summed E-state index contributed by atoms with van der Waals surface area (Å²) in [5, 5.41) is 3.91. The summed E-state index contributed by atoms with van der Waals surface area (Å²) in [6, 6.07) is 0. The van der Waals surface area contributed by atoms with Crippen LogP contribution in [-0.4, -0.2) is 37.3 Å². The fourth-order valence-corrected chi connectivity index (χ4v) is 1.24. The van der Waals surface area contributed by atoms with Gasteiger partial charge in [0.1, 0.15) is 0 Å². The Balaban J connectivity index is -0.000000192. The molecule has 0 saturated carbocycles. The van der Waals surface area contributed by atoms with Gasteiger partial charge in [-0.15, -0.1) is 0 Å². The smallest absolute Gasteiger partial charge is 0.673 e. The van der Waals surface area contributed by atoms with Crippen molar-refractivity contribution in [1.82, 2.24) is 4.90 Å². The van der Waals surface area contributed by atoms with Gasteiger partial charge in [-0.1, -0.05) is 13.1 Å². The molecule has 0 aromatic heterocycles. The van der Waals surface area contributed by atoms with E-state index in [1.165, 1.54) is 0 Å². The molecule has 0 aromatic rings. The van der Waals surface area contributed by atoms with Gasteiger partial charge in [0.25, 0.3) is 10.1 Å². The minimum Gasteiger partial charge on any atom is -0.673 e. The Morgan fingerprint density at radius 2 is 2.12 bits per heavy atom. The molecule has 16 heavy (non-hydrogen) atoms. The van der Waals surface area contributed by atoms with Gasteiger partial charge in [0.15, 0.2) is 0 Å². The molecule has 0 aliphatic carbocycles. The van der Waals surface area contributed by atoms with Crippen LogP contribution in [0.4, 0.5) is 0 Å². The van der Waals surface area contributed by atoms with E-state index in [2.05, 4.69) is 12.2 Å². The molecule has 1 heterocycles. The summed E-state index contributed by atoms with van der Waals surface area (Å²) in [7, 11) is -1.73. The van der Waals surface area contributed by atoms with Crippen molar-refractivity contribution < 1.29 is 34.0 Å². The largest absolute Gasteiger partial charge is 2.00 e. The molecule has 0 amide bonds. The number of hydrogen-bond donors (Lipinski definition) is 1. The molecule has 1 N–H and O–H groups in total. The van der Waals surface area contributed by atoms with Crippen molar-refractivity contribution >= 4 is 20.0 Å². The van der Waals surface area contributed by atoms with Crippen LogP contribution in [0.25, 0.3) is 5.32 Å². The van der Waals surface area contributed by atoms with Gasteiger partial charge in [-0.3, -0.25) is 4.55 Å². The summed E-state index contributed by atoms with van der Waals surface area (Å²) in [5.74, 6) is -0.170. The van der Waals surface area contributed by atoms with Crippen LogP contribution in [0.15, 0.2) is 12.4 Å². The molecular formula is C8H19MoN2O3PS. The molecule has 1 rings (SSSR count). The molecule has 1 aliphatic heterocycles. The van der Waals surface area contributed by atoms with Crippen LogP contribution in [0, 0.1) is 6.92 Å². The third kappa shape index (κ3) is 16.8. The van der Waals surface area contributed by atoms with Crippen LogP contribution in [-0.2, 0) is 31.2 Å². The molecule has 0 saturated heterocycles. The molecule has 1 aliphatic rings. The number of nitrogens with zero attached hydrogens (tertiary/aromatic N) is 2. The maximum Gasteiger partial charge on any atom is 2.00 e. The van der Waals surface area contributed by atoms with Crippen LogP contribution >= 0.6 is 9.90 Å². The topological polar surface area (TPSA) is 71.7 Å². The van der Waals surface area contributed by atoms with Gasteiger partial charge in [-0.2, -0.15) is 30.9 Å². The molecule has 0 bridgehead atoms. The monoisotopic (exact) mass is 352 g/mol. The van der Waals surface area contributed by atoms with E-state index in [0.29, 0.717) is 12.8 Å². The average molecular weight is 350 g/mol. The fraction of sp³-hybridized carbons (Fsp3) is 0.625. The van der Waals surface area contributed by atoms with E-state index in [1.807, 2.05) is 18.1 Å². The Hall–Kier alpha value is 0.368. The van der Waals surface area contributed by atoms with Gasteiger partial charge in [0.2, 0.25) is 0 Å². The van der Waals surface area contributed by atoms with Gasteiger partial charge >= 0.3 is 21.1 Å².